The van der Waals surface area contributed by atoms with E-state index in [-0.39, 0.29) is 11.9 Å². The standard InChI is InChI=1S/C12H24N2O2/c1-4-6-10(13)12(3,16-5-2)11(15)14-9-7-8-9/h9-10H,4-8,13H2,1-3H3,(H,14,15)/t10-,12?/m0/s1. The molecule has 3 N–H and O–H groups in total. The first-order chi connectivity index (χ1) is 7.54. The van der Waals surface area contributed by atoms with Crippen molar-refractivity contribution in [2.75, 3.05) is 6.61 Å². The molecule has 0 heterocycles. The second-order valence-electron chi connectivity index (χ2n) is 4.68. The molecule has 0 aromatic carbocycles. The molecule has 4 heteroatoms. The second kappa shape index (κ2) is 5.64. The molecule has 1 unspecified atom stereocenters. The highest BCUT2D eigenvalue weighted by Gasteiger charge is 2.41. The molecule has 0 saturated heterocycles. The van der Waals surface area contributed by atoms with E-state index in [1.54, 1.807) is 6.92 Å². The van der Waals surface area contributed by atoms with Gasteiger partial charge in [0.2, 0.25) is 0 Å². The second-order valence-corrected chi connectivity index (χ2v) is 4.68. The first-order valence-electron chi connectivity index (χ1n) is 6.25. The number of hydrogen-bond donors (Lipinski definition) is 2. The van der Waals surface area contributed by atoms with E-state index in [2.05, 4.69) is 12.2 Å². The summed E-state index contributed by atoms with van der Waals surface area (Å²) in [7, 11) is 0. The Balaban J connectivity index is 2.63. The molecule has 0 bridgehead atoms. The fraction of sp³-hybridized carbons (Fsp3) is 0.917. The van der Waals surface area contributed by atoms with Crippen LogP contribution in [0.15, 0.2) is 0 Å². The Morgan fingerprint density at radius 1 is 1.56 bits per heavy atom. The predicted molar refractivity (Wildman–Crippen MR) is 64.1 cm³/mol. The van der Waals surface area contributed by atoms with Crippen molar-refractivity contribution in [1.29, 1.82) is 0 Å². The number of nitrogens with two attached hydrogens (primary N) is 1. The maximum Gasteiger partial charge on any atom is 0.253 e. The minimum absolute atomic E-state index is 0.0576. The van der Waals surface area contributed by atoms with E-state index in [9.17, 15) is 4.79 Å². The minimum atomic E-state index is -0.882. The first kappa shape index (κ1) is 13.5. The molecule has 2 atom stereocenters. The normalized spacial score (nSPS) is 21.2. The SMILES string of the molecule is CCC[C@H](N)C(C)(OCC)C(=O)NC1CC1. The van der Waals surface area contributed by atoms with Crippen LogP contribution >= 0.6 is 0 Å². The van der Waals surface area contributed by atoms with Crippen LogP contribution in [0.4, 0.5) is 0 Å². The van der Waals surface area contributed by atoms with Crippen LogP contribution in [0.3, 0.4) is 0 Å². The summed E-state index contributed by atoms with van der Waals surface area (Å²) in [5.74, 6) is -0.0576. The van der Waals surface area contributed by atoms with Gasteiger partial charge in [-0.25, -0.2) is 0 Å². The van der Waals surface area contributed by atoms with Crippen LogP contribution in [-0.4, -0.2) is 30.2 Å². The van der Waals surface area contributed by atoms with E-state index in [0.717, 1.165) is 25.7 Å². The van der Waals surface area contributed by atoms with Crippen LogP contribution in [0.25, 0.3) is 0 Å². The van der Waals surface area contributed by atoms with Gasteiger partial charge in [-0.1, -0.05) is 13.3 Å². The molecule has 1 aliphatic carbocycles. The van der Waals surface area contributed by atoms with Gasteiger partial charge in [0.25, 0.3) is 5.91 Å². The topological polar surface area (TPSA) is 64.3 Å². The van der Waals surface area contributed by atoms with Gasteiger partial charge in [0.05, 0.1) is 0 Å². The molecule has 0 aromatic heterocycles. The predicted octanol–water partition coefficient (Wildman–Crippen LogP) is 1.19. The van der Waals surface area contributed by atoms with Gasteiger partial charge in [0.15, 0.2) is 5.60 Å². The number of hydrogen-bond acceptors (Lipinski definition) is 3. The summed E-state index contributed by atoms with van der Waals surface area (Å²) in [6, 6.07) is 0.109. The summed E-state index contributed by atoms with van der Waals surface area (Å²) in [5.41, 5.74) is 5.18. The highest BCUT2D eigenvalue weighted by Crippen LogP contribution is 2.23. The quantitative estimate of drug-likeness (QED) is 0.688. The average Bonchev–Trinajstić information content (AvgIpc) is 3.02. The molecule has 0 radical (unpaired) electrons. The molecular weight excluding hydrogens is 204 g/mol. The van der Waals surface area contributed by atoms with Gasteiger partial charge < -0.3 is 15.8 Å². The molecule has 0 aliphatic heterocycles. The lowest BCUT2D eigenvalue weighted by molar-refractivity contribution is -0.147. The van der Waals surface area contributed by atoms with E-state index in [0.29, 0.717) is 12.6 Å². The molecule has 4 nitrogen and oxygen atoms in total. The maximum atomic E-state index is 12.1. The average molecular weight is 228 g/mol. The zero-order chi connectivity index (χ0) is 12.2. The van der Waals surface area contributed by atoms with E-state index in [4.69, 9.17) is 10.5 Å². The largest absolute Gasteiger partial charge is 0.364 e. The Morgan fingerprint density at radius 2 is 2.19 bits per heavy atom. The number of carbonyl (C=O) groups excluding carboxylic acids is 1. The van der Waals surface area contributed by atoms with Crippen LogP contribution in [-0.2, 0) is 9.53 Å². The van der Waals surface area contributed by atoms with E-state index in [1.165, 1.54) is 0 Å². The summed E-state index contributed by atoms with van der Waals surface area (Å²) in [4.78, 5) is 12.1. The third-order valence-corrected chi connectivity index (χ3v) is 3.11. The summed E-state index contributed by atoms with van der Waals surface area (Å²) < 4.78 is 5.60. The number of carbonyl (C=O) groups is 1. The van der Waals surface area contributed by atoms with Crippen LogP contribution < -0.4 is 11.1 Å². The van der Waals surface area contributed by atoms with Crippen molar-refractivity contribution in [2.24, 2.45) is 5.73 Å². The summed E-state index contributed by atoms with van der Waals surface area (Å²) >= 11 is 0. The van der Waals surface area contributed by atoms with Crippen molar-refractivity contribution in [3.63, 3.8) is 0 Å². The highest BCUT2D eigenvalue weighted by atomic mass is 16.5. The van der Waals surface area contributed by atoms with Crippen molar-refractivity contribution in [3.05, 3.63) is 0 Å². The Labute approximate surface area is 97.9 Å². The third-order valence-electron chi connectivity index (χ3n) is 3.11. The lowest BCUT2D eigenvalue weighted by Crippen LogP contribution is -2.58. The Morgan fingerprint density at radius 3 is 2.62 bits per heavy atom. The Kier molecular flexibility index (Phi) is 4.74. The Bertz CT molecular complexity index is 241. The van der Waals surface area contributed by atoms with Crippen LogP contribution in [0.5, 0.6) is 0 Å². The van der Waals surface area contributed by atoms with Crippen LogP contribution in [0.2, 0.25) is 0 Å². The summed E-state index contributed by atoms with van der Waals surface area (Å²) in [6.07, 6.45) is 3.92. The zero-order valence-corrected chi connectivity index (χ0v) is 10.6. The van der Waals surface area contributed by atoms with E-state index in [1.807, 2.05) is 6.92 Å². The molecule has 94 valence electrons. The van der Waals surface area contributed by atoms with Gasteiger partial charge in [0.1, 0.15) is 0 Å². The number of nitrogens with one attached hydrogen (secondary N) is 1. The van der Waals surface area contributed by atoms with E-state index < -0.39 is 5.60 Å². The van der Waals surface area contributed by atoms with E-state index >= 15 is 0 Å². The molecular formula is C12H24N2O2. The van der Waals surface area contributed by atoms with Crippen molar-refractivity contribution < 1.29 is 9.53 Å². The lowest BCUT2D eigenvalue weighted by atomic mass is 9.92. The van der Waals surface area contributed by atoms with Gasteiger partial charge in [-0.15, -0.1) is 0 Å². The van der Waals surface area contributed by atoms with Gasteiger partial charge in [-0.2, -0.15) is 0 Å². The zero-order valence-electron chi connectivity index (χ0n) is 10.6. The lowest BCUT2D eigenvalue weighted by Gasteiger charge is -2.33. The maximum absolute atomic E-state index is 12.1. The van der Waals surface area contributed by atoms with Gasteiger partial charge in [-0.05, 0) is 33.1 Å². The van der Waals surface area contributed by atoms with Crippen molar-refractivity contribution in [3.8, 4) is 0 Å². The first-order valence-corrected chi connectivity index (χ1v) is 6.25. The highest BCUT2D eigenvalue weighted by molar-refractivity contribution is 5.86. The fourth-order valence-electron chi connectivity index (χ4n) is 1.78. The van der Waals surface area contributed by atoms with Crippen LogP contribution in [0, 0.1) is 0 Å². The monoisotopic (exact) mass is 228 g/mol. The molecule has 0 spiro atoms. The van der Waals surface area contributed by atoms with Gasteiger partial charge >= 0.3 is 0 Å². The smallest absolute Gasteiger partial charge is 0.253 e. The molecule has 1 amide bonds. The molecule has 1 rings (SSSR count). The van der Waals surface area contributed by atoms with Crippen LogP contribution in [0.1, 0.15) is 46.5 Å². The minimum Gasteiger partial charge on any atom is -0.364 e. The van der Waals surface area contributed by atoms with Crippen molar-refractivity contribution in [2.45, 2.75) is 64.1 Å². The molecule has 1 fully saturated rings. The fourth-order valence-corrected chi connectivity index (χ4v) is 1.78. The van der Waals surface area contributed by atoms with Crippen molar-refractivity contribution in [1.82, 2.24) is 5.32 Å². The summed E-state index contributed by atoms with van der Waals surface area (Å²) in [6.45, 7) is 6.26. The molecule has 16 heavy (non-hydrogen) atoms. The molecule has 1 saturated carbocycles. The van der Waals surface area contributed by atoms with Crippen molar-refractivity contribution >= 4 is 5.91 Å². The van der Waals surface area contributed by atoms with Gasteiger partial charge in [0, 0.05) is 18.7 Å². The van der Waals surface area contributed by atoms with Gasteiger partial charge in [-0.3, -0.25) is 4.79 Å². The molecule has 1 aliphatic rings. The Hall–Kier alpha value is -0.610. The summed E-state index contributed by atoms with van der Waals surface area (Å²) in [5, 5.41) is 2.97. The third kappa shape index (κ3) is 3.19. The number of ether oxygens (including phenoxy) is 1. The number of amides is 1. The molecule has 0 aromatic rings. The number of rotatable bonds is 7.